The van der Waals surface area contributed by atoms with Crippen molar-refractivity contribution in [2.75, 3.05) is 18.1 Å². The van der Waals surface area contributed by atoms with E-state index in [1.165, 1.54) is 43.7 Å². The zero-order valence-electron chi connectivity index (χ0n) is 16.1. The summed E-state index contributed by atoms with van der Waals surface area (Å²) >= 11 is 0. The zero-order chi connectivity index (χ0) is 19.5. The highest BCUT2D eigenvalue weighted by Gasteiger charge is 2.14. The van der Waals surface area contributed by atoms with Crippen molar-refractivity contribution in [3.63, 3.8) is 0 Å². The van der Waals surface area contributed by atoms with Crippen molar-refractivity contribution in [3.8, 4) is 0 Å². The van der Waals surface area contributed by atoms with Crippen LogP contribution >= 0.6 is 0 Å². The SMILES string of the molecule is CCOC(=O)C=Cc1ccc(C2CCCCC2)cc1.Nc1ccccc1N. The molecule has 0 saturated heterocycles. The molecule has 1 aliphatic rings. The van der Waals surface area contributed by atoms with Gasteiger partial charge < -0.3 is 16.2 Å². The van der Waals surface area contributed by atoms with Crippen LogP contribution in [0.2, 0.25) is 0 Å². The molecule has 0 radical (unpaired) electrons. The zero-order valence-corrected chi connectivity index (χ0v) is 16.1. The van der Waals surface area contributed by atoms with E-state index in [-0.39, 0.29) is 5.97 Å². The minimum atomic E-state index is -0.279. The molecule has 0 aromatic heterocycles. The Hall–Kier alpha value is -2.75. The minimum Gasteiger partial charge on any atom is -0.463 e. The number of benzene rings is 2. The van der Waals surface area contributed by atoms with E-state index in [4.69, 9.17) is 16.2 Å². The van der Waals surface area contributed by atoms with Crippen LogP contribution in [0, 0.1) is 0 Å². The highest BCUT2D eigenvalue weighted by Crippen LogP contribution is 2.32. The van der Waals surface area contributed by atoms with Crippen LogP contribution in [0.25, 0.3) is 6.08 Å². The van der Waals surface area contributed by atoms with Crippen molar-refractivity contribution in [3.05, 3.63) is 65.7 Å². The number of hydrogen-bond donors (Lipinski definition) is 2. The fourth-order valence-corrected chi connectivity index (χ4v) is 3.18. The predicted octanol–water partition coefficient (Wildman–Crippen LogP) is 5.16. The van der Waals surface area contributed by atoms with E-state index < -0.39 is 0 Å². The minimum absolute atomic E-state index is 0.279. The summed E-state index contributed by atoms with van der Waals surface area (Å²) in [5.41, 5.74) is 14.6. The number of carbonyl (C=O) groups excluding carboxylic acids is 1. The largest absolute Gasteiger partial charge is 0.463 e. The Bertz CT molecular complexity index is 711. The number of nitrogen functional groups attached to an aromatic ring is 2. The molecule has 0 heterocycles. The number of rotatable bonds is 4. The van der Waals surface area contributed by atoms with Gasteiger partial charge in [0.05, 0.1) is 18.0 Å². The van der Waals surface area contributed by atoms with Crippen LogP contribution in [-0.4, -0.2) is 12.6 Å². The molecular weight excluding hydrogens is 336 g/mol. The van der Waals surface area contributed by atoms with Gasteiger partial charge in [0.25, 0.3) is 0 Å². The standard InChI is InChI=1S/C17H22O2.C6H8N2/c1-2-19-17(18)13-10-14-8-11-16(12-9-14)15-6-4-3-5-7-15;7-5-3-1-2-4-6(5)8/h8-13,15H,2-7H2,1H3;1-4H,7-8H2. The number of anilines is 2. The predicted molar refractivity (Wildman–Crippen MR) is 113 cm³/mol. The third kappa shape index (κ3) is 7.18. The van der Waals surface area contributed by atoms with Crippen LogP contribution in [0.4, 0.5) is 11.4 Å². The monoisotopic (exact) mass is 366 g/mol. The van der Waals surface area contributed by atoms with Gasteiger partial charge in [-0.15, -0.1) is 0 Å². The number of esters is 1. The molecular formula is C23H30N2O2. The lowest BCUT2D eigenvalue weighted by Crippen LogP contribution is -2.04. The van der Waals surface area contributed by atoms with Gasteiger partial charge in [-0.3, -0.25) is 0 Å². The first kappa shape index (κ1) is 20.6. The second-order valence-corrected chi connectivity index (χ2v) is 6.72. The summed E-state index contributed by atoms with van der Waals surface area (Å²) in [6.07, 6.45) is 10.0. The Labute approximate surface area is 162 Å². The van der Waals surface area contributed by atoms with Gasteiger partial charge in [-0.2, -0.15) is 0 Å². The molecule has 4 nitrogen and oxygen atoms in total. The van der Waals surface area contributed by atoms with Gasteiger partial charge in [-0.1, -0.05) is 55.7 Å². The number of ether oxygens (including phenoxy) is 1. The number of hydrogen-bond acceptors (Lipinski definition) is 4. The first-order valence-electron chi connectivity index (χ1n) is 9.65. The van der Waals surface area contributed by atoms with Crippen molar-refractivity contribution in [1.29, 1.82) is 0 Å². The summed E-state index contributed by atoms with van der Waals surface area (Å²) in [5.74, 6) is 0.454. The maximum atomic E-state index is 11.2. The maximum absolute atomic E-state index is 11.2. The molecule has 0 bridgehead atoms. The molecule has 1 fully saturated rings. The Balaban J connectivity index is 0.000000273. The third-order valence-electron chi connectivity index (χ3n) is 4.71. The summed E-state index contributed by atoms with van der Waals surface area (Å²) in [5, 5.41) is 0. The first-order valence-corrected chi connectivity index (χ1v) is 9.65. The van der Waals surface area contributed by atoms with E-state index >= 15 is 0 Å². The molecule has 1 saturated carbocycles. The van der Waals surface area contributed by atoms with Gasteiger partial charge in [-0.05, 0) is 55.0 Å². The van der Waals surface area contributed by atoms with Crippen molar-refractivity contribution in [1.82, 2.24) is 0 Å². The van der Waals surface area contributed by atoms with Crippen LogP contribution in [0.15, 0.2) is 54.6 Å². The van der Waals surface area contributed by atoms with E-state index in [0.29, 0.717) is 18.0 Å². The highest BCUT2D eigenvalue weighted by molar-refractivity contribution is 5.87. The Morgan fingerprint density at radius 3 is 2.11 bits per heavy atom. The molecule has 144 valence electrons. The molecule has 27 heavy (non-hydrogen) atoms. The van der Waals surface area contributed by atoms with Crippen molar-refractivity contribution < 1.29 is 9.53 Å². The average molecular weight is 367 g/mol. The molecule has 0 aliphatic heterocycles. The number of nitrogens with two attached hydrogens (primary N) is 2. The molecule has 0 atom stereocenters. The highest BCUT2D eigenvalue weighted by atomic mass is 16.5. The van der Waals surface area contributed by atoms with Crippen LogP contribution in [0.1, 0.15) is 56.1 Å². The summed E-state index contributed by atoms with van der Waals surface area (Å²) in [4.78, 5) is 11.2. The molecule has 0 amide bonds. The van der Waals surface area contributed by atoms with E-state index in [2.05, 4.69) is 24.3 Å². The number of para-hydroxylation sites is 2. The molecule has 4 N–H and O–H groups in total. The number of carbonyl (C=O) groups is 1. The van der Waals surface area contributed by atoms with Gasteiger partial charge in [0.2, 0.25) is 0 Å². The van der Waals surface area contributed by atoms with E-state index in [1.807, 2.05) is 25.1 Å². The average Bonchev–Trinajstić information content (AvgIpc) is 2.70. The smallest absolute Gasteiger partial charge is 0.330 e. The summed E-state index contributed by atoms with van der Waals surface area (Å²) in [7, 11) is 0. The fourth-order valence-electron chi connectivity index (χ4n) is 3.18. The summed E-state index contributed by atoms with van der Waals surface area (Å²) in [6, 6.07) is 15.8. The molecule has 1 aliphatic carbocycles. The molecule has 2 aromatic rings. The molecule has 2 aromatic carbocycles. The van der Waals surface area contributed by atoms with E-state index in [9.17, 15) is 4.79 Å². The van der Waals surface area contributed by atoms with Crippen LogP contribution < -0.4 is 11.5 Å². The van der Waals surface area contributed by atoms with Crippen LogP contribution in [0.5, 0.6) is 0 Å². The molecule has 0 spiro atoms. The van der Waals surface area contributed by atoms with Gasteiger partial charge >= 0.3 is 5.97 Å². The van der Waals surface area contributed by atoms with E-state index in [1.54, 1.807) is 12.1 Å². The second-order valence-electron chi connectivity index (χ2n) is 6.72. The maximum Gasteiger partial charge on any atom is 0.330 e. The fraction of sp³-hybridized carbons (Fsp3) is 0.348. The van der Waals surface area contributed by atoms with Gasteiger partial charge in [0.15, 0.2) is 0 Å². The van der Waals surface area contributed by atoms with Crippen molar-refractivity contribution in [2.45, 2.75) is 44.9 Å². The van der Waals surface area contributed by atoms with Crippen molar-refractivity contribution in [2.24, 2.45) is 0 Å². The molecule has 0 unspecified atom stereocenters. The molecule has 3 rings (SSSR count). The Morgan fingerprint density at radius 2 is 1.59 bits per heavy atom. The summed E-state index contributed by atoms with van der Waals surface area (Å²) < 4.78 is 4.86. The van der Waals surface area contributed by atoms with Crippen LogP contribution in [0.3, 0.4) is 0 Å². The van der Waals surface area contributed by atoms with Gasteiger partial charge in [0, 0.05) is 6.08 Å². The topological polar surface area (TPSA) is 78.3 Å². The second kappa shape index (κ2) is 11.1. The molecule has 4 heteroatoms. The normalized spacial score (nSPS) is 14.4. The lowest BCUT2D eigenvalue weighted by atomic mass is 9.84. The quantitative estimate of drug-likeness (QED) is 0.445. The van der Waals surface area contributed by atoms with Gasteiger partial charge in [-0.25, -0.2) is 4.79 Å². The Morgan fingerprint density at radius 1 is 1.00 bits per heavy atom. The van der Waals surface area contributed by atoms with Crippen molar-refractivity contribution >= 4 is 23.4 Å². The first-order chi connectivity index (χ1) is 13.1. The van der Waals surface area contributed by atoms with E-state index in [0.717, 1.165) is 11.5 Å². The van der Waals surface area contributed by atoms with Gasteiger partial charge in [0.1, 0.15) is 0 Å². The lowest BCUT2D eigenvalue weighted by molar-refractivity contribution is -0.137. The van der Waals surface area contributed by atoms with Crippen LogP contribution in [-0.2, 0) is 9.53 Å². The Kier molecular flexibility index (Phi) is 8.43. The third-order valence-corrected chi connectivity index (χ3v) is 4.71. The lowest BCUT2D eigenvalue weighted by Gasteiger charge is -2.21. The summed E-state index contributed by atoms with van der Waals surface area (Å²) in [6.45, 7) is 2.23.